The number of rotatable bonds is 6. The van der Waals surface area contributed by atoms with Crippen LogP contribution >= 0.6 is 0 Å². The number of carboxylic acids is 1. The van der Waals surface area contributed by atoms with Crippen LogP contribution in [0.5, 0.6) is 0 Å². The van der Waals surface area contributed by atoms with Gasteiger partial charge in [0.15, 0.2) is 0 Å². The predicted octanol–water partition coefficient (Wildman–Crippen LogP) is 0.813. The molecular weight excluding hydrogens is 246 g/mol. The maximum absolute atomic E-state index is 10.9. The van der Waals surface area contributed by atoms with E-state index in [4.69, 9.17) is 5.11 Å². The lowest BCUT2D eigenvalue weighted by atomic mass is 10.1. The number of hydrogen-bond acceptors (Lipinski definition) is 5. The number of aromatic nitrogens is 1. The maximum Gasteiger partial charge on any atom is 0.337 e. The third-order valence-electron chi connectivity index (χ3n) is 2.62. The van der Waals surface area contributed by atoms with Gasteiger partial charge in [-0.1, -0.05) is 0 Å². The molecule has 0 amide bonds. The number of anilines is 1. The van der Waals surface area contributed by atoms with Crippen LogP contribution in [0.3, 0.4) is 0 Å². The minimum Gasteiger partial charge on any atom is -0.478 e. The van der Waals surface area contributed by atoms with Gasteiger partial charge in [0, 0.05) is 13.1 Å². The Morgan fingerprint density at radius 3 is 2.58 bits per heavy atom. The Kier molecular flexibility index (Phi) is 4.85. The van der Waals surface area contributed by atoms with E-state index >= 15 is 0 Å². The van der Waals surface area contributed by atoms with Crippen molar-refractivity contribution in [1.82, 2.24) is 9.88 Å². The molecule has 1 rings (SSSR count). The average Bonchev–Trinajstić information content (AvgIpc) is 2.24. The molecule has 0 saturated carbocycles. The van der Waals surface area contributed by atoms with E-state index in [-0.39, 0.29) is 5.56 Å². The molecule has 1 aromatic rings. The van der Waals surface area contributed by atoms with Crippen LogP contribution in [0.4, 0.5) is 5.82 Å². The molecule has 6 heteroatoms. The highest BCUT2D eigenvalue weighted by molar-refractivity contribution is 5.89. The normalized spacial score (nSPS) is 14.2. The van der Waals surface area contributed by atoms with Crippen molar-refractivity contribution >= 4 is 11.8 Å². The molecule has 0 aliphatic carbocycles. The second-order valence-corrected chi connectivity index (χ2v) is 5.22. The van der Waals surface area contributed by atoms with Crippen LogP contribution in [0.2, 0.25) is 0 Å². The first-order valence-electron chi connectivity index (χ1n) is 6.03. The summed E-state index contributed by atoms with van der Waals surface area (Å²) in [6.45, 7) is 4.24. The summed E-state index contributed by atoms with van der Waals surface area (Å²) in [6.07, 6.45) is 0. The van der Waals surface area contributed by atoms with Crippen molar-refractivity contribution in [3.63, 3.8) is 0 Å². The molecule has 0 fully saturated rings. The number of carbonyl (C=O) groups is 1. The first-order valence-corrected chi connectivity index (χ1v) is 6.03. The molecule has 0 aromatic carbocycles. The van der Waals surface area contributed by atoms with Crippen LogP contribution in [-0.4, -0.2) is 58.9 Å². The molecule has 1 unspecified atom stereocenters. The zero-order chi connectivity index (χ0) is 14.6. The quantitative estimate of drug-likeness (QED) is 0.707. The number of pyridine rings is 1. The average molecular weight is 267 g/mol. The first kappa shape index (κ1) is 15.4. The number of aliphatic hydroxyl groups is 1. The summed E-state index contributed by atoms with van der Waals surface area (Å²) in [4.78, 5) is 16.9. The molecule has 19 heavy (non-hydrogen) atoms. The van der Waals surface area contributed by atoms with Crippen LogP contribution in [0.25, 0.3) is 0 Å². The van der Waals surface area contributed by atoms with Crippen molar-refractivity contribution in [3.05, 3.63) is 23.4 Å². The number of aryl methyl sites for hydroxylation is 1. The third kappa shape index (κ3) is 4.84. The van der Waals surface area contributed by atoms with Crippen LogP contribution in [-0.2, 0) is 0 Å². The fourth-order valence-electron chi connectivity index (χ4n) is 1.90. The maximum atomic E-state index is 10.9. The Bertz CT molecular complexity index is 458. The second-order valence-electron chi connectivity index (χ2n) is 5.22. The molecular formula is C13H21N3O3. The fourth-order valence-corrected chi connectivity index (χ4v) is 1.90. The van der Waals surface area contributed by atoms with Crippen molar-refractivity contribution in [3.8, 4) is 0 Å². The molecule has 0 aliphatic heterocycles. The summed E-state index contributed by atoms with van der Waals surface area (Å²) in [5, 5.41) is 22.1. The van der Waals surface area contributed by atoms with E-state index in [1.165, 1.54) is 6.07 Å². The number of aromatic carboxylic acids is 1. The predicted molar refractivity (Wildman–Crippen MR) is 73.6 cm³/mol. The van der Waals surface area contributed by atoms with E-state index in [1.54, 1.807) is 19.9 Å². The van der Waals surface area contributed by atoms with Crippen molar-refractivity contribution < 1.29 is 15.0 Å². The molecule has 0 radical (unpaired) electrons. The Labute approximate surface area is 113 Å². The summed E-state index contributed by atoms with van der Waals surface area (Å²) in [5.74, 6) is -0.433. The standard InChI is InChI=1S/C13H21N3O3/c1-9-10(12(17)18)5-6-11(15-9)14-7-13(2,19)8-16(3)4/h5-6,19H,7-8H2,1-4H3,(H,14,15)(H,17,18). The van der Waals surface area contributed by atoms with Gasteiger partial charge in [0.2, 0.25) is 0 Å². The summed E-state index contributed by atoms with van der Waals surface area (Å²) >= 11 is 0. The lowest BCUT2D eigenvalue weighted by Gasteiger charge is -2.27. The summed E-state index contributed by atoms with van der Waals surface area (Å²) < 4.78 is 0. The second kappa shape index (κ2) is 5.99. The first-order chi connectivity index (χ1) is 8.71. The fraction of sp³-hybridized carbons (Fsp3) is 0.538. The SMILES string of the molecule is Cc1nc(NCC(C)(O)CN(C)C)ccc1C(=O)O. The van der Waals surface area contributed by atoms with Gasteiger partial charge >= 0.3 is 5.97 Å². The third-order valence-corrected chi connectivity index (χ3v) is 2.62. The highest BCUT2D eigenvalue weighted by atomic mass is 16.4. The monoisotopic (exact) mass is 267 g/mol. The van der Waals surface area contributed by atoms with Crippen LogP contribution in [0.1, 0.15) is 23.0 Å². The number of nitrogens with zero attached hydrogens (tertiary/aromatic N) is 2. The minimum atomic E-state index is -0.990. The van der Waals surface area contributed by atoms with E-state index in [0.29, 0.717) is 24.6 Å². The molecule has 0 bridgehead atoms. The van der Waals surface area contributed by atoms with Gasteiger partial charge in [-0.25, -0.2) is 9.78 Å². The molecule has 0 saturated heterocycles. The highest BCUT2D eigenvalue weighted by Gasteiger charge is 2.21. The van der Waals surface area contributed by atoms with Crippen LogP contribution in [0.15, 0.2) is 12.1 Å². The Morgan fingerprint density at radius 2 is 2.11 bits per heavy atom. The molecule has 0 aliphatic rings. The Morgan fingerprint density at radius 1 is 1.47 bits per heavy atom. The minimum absolute atomic E-state index is 0.186. The van der Waals surface area contributed by atoms with E-state index < -0.39 is 11.6 Å². The number of hydrogen-bond donors (Lipinski definition) is 3. The molecule has 1 aromatic heterocycles. The van der Waals surface area contributed by atoms with Gasteiger partial charge < -0.3 is 20.4 Å². The number of carboxylic acid groups (broad SMARTS) is 1. The lowest BCUT2D eigenvalue weighted by molar-refractivity contribution is 0.0458. The largest absolute Gasteiger partial charge is 0.478 e. The van der Waals surface area contributed by atoms with Crippen molar-refractivity contribution in [1.29, 1.82) is 0 Å². The van der Waals surface area contributed by atoms with Crippen LogP contribution < -0.4 is 5.32 Å². The molecule has 6 nitrogen and oxygen atoms in total. The number of likely N-dealkylation sites (N-methyl/N-ethyl adjacent to an activating group) is 1. The summed E-state index contributed by atoms with van der Waals surface area (Å²) in [6, 6.07) is 3.11. The Hall–Kier alpha value is -1.66. The van der Waals surface area contributed by atoms with Gasteiger partial charge in [-0.3, -0.25) is 0 Å². The van der Waals surface area contributed by atoms with E-state index in [2.05, 4.69) is 10.3 Å². The van der Waals surface area contributed by atoms with Gasteiger partial charge in [-0.15, -0.1) is 0 Å². The highest BCUT2D eigenvalue weighted by Crippen LogP contribution is 2.12. The molecule has 1 atom stereocenters. The zero-order valence-electron chi connectivity index (χ0n) is 11.8. The molecule has 0 spiro atoms. The van der Waals surface area contributed by atoms with Crippen LogP contribution in [0, 0.1) is 6.92 Å². The van der Waals surface area contributed by atoms with Gasteiger partial charge in [-0.2, -0.15) is 0 Å². The topological polar surface area (TPSA) is 85.7 Å². The van der Waals surface area contributed by atoms with E-state index in [0.717, 1.165) is 0 Å². The number of nitrogens with one attached hydrogen (secondary N) is 1. The summed E-state index contributed by atoms with van der Waals surface area (Å²) in [7, 11) is 3.77. The molecule has 1 heterocycles. The van der Waals surface area contributed by atoms with Gasteiger partial charge in [0.05, 0.1) is 16.9 Å². The molecule has 3 N–H and O–H groups in total. The van der Waals surface area contributed by atoms with Gasteiger partial charge in [0.25, 0.3) is 0 Å². The zero-order valence-corrected chi connectivity index (χ0v) is 11.8. The lowest BCUT2D eigenvalue weighted by Crippen LogP contribution is -2.43. The Balaban J connectivity index is 2.69. The van der Waals surface area contributed by atoms with Gasteiger partial charge in [0.1, 0.15) is 5.82 Å². The van der Waals surface area contributed by atoms with Crippen molar-refractivity contribution in [2.45, 2.75) is 19.4 Å². The summed E-state index contributed by atoms with van der Waals surface area (Å²) in [5.41, 5.74) is -0.250. The molecule has 106 valence electrons. The van der Waals surface area contributed by atoms with Crippen molar-refractivity contribution in [2.75, 3.05) is 32.5 Å². The van der Waals surface area contributed by atoms with Gasteiger partial charge in [-0.05, 0) is 40.1 Å². The van der Waals surface area contributed by atoms with Crippen molar-refractivity contribution in [2.24, 2.45) is 0 Å². The van der Waals surface area contributed by atoms with E-state index in [1.807, 2.05) is 19.0 Å². The van der Waals surface area contributed by atoms with E-state index in [9.17, 15) is 9.90 Å². The smallest absolute Gasteiger partial charge is 0.337 e.